The van der Waals surface area contributed by atoms with Crippen molar-refractivity contribution >= 4 is 51.4 Å². The molecule has 0 aliphatic heterocycles. The Morgan fingerprint density at radius 3 is 2.38 bits per heavy atom. The number of nitrogens with one attached hydrogen (secondary N) is 3. The van der Waals surface area contributed by atoms with E-state index in [4.69, 9.17) is 0 Å². The van der Waals surface area contributed by atoms with Crippen LogP contribution >= 0.6 is 23.1 Å². The molecule has 0 atom stereocenters. The van der Waals surface area contributed by atoms with Gasteiger partial charge in [-0.25, -0.2) is 4.79 Å². The summed E-state index contributed by atoms with van der Waals surface area (Å²) in [6, 6.07) is 19.9. The first kappa shape index (κ1) is 18.0. The maximum absolute atomic E-state index is 12.4. The van der Waals surface area contributed by atoms with Crippen LogP contribution in [0.25, 0.3) is 0 Å². The Balaban J connectivity index is 1.60. The van der Waals surface area contributed by atoms with Gasteiger partial charge in [0.1, 0.15) is 0 Å². The Labute approximate surface area is 159 Å². The summed E-state index contributed by atoms with van der Waals surface area (Å²) in [7, 11) is 0. The molecule has 0 saturated carbocycles. The van der Waals surface area contributed by atoms with E-state index in [0.29, 0.717) is 15.6 Å². The zero-order valence-electron chi connectivity index (χ0n) is 14.0. The minimum Gasteiger partial charge on any atom is -0.321 e. The second kappa shape index (κ2) is 8.55. The van der Waals surface area contributed by atoms with Crippen LogP contribution < -0.4 is 16.0 Å². The van der Waals surface area contributed by atoms with Crippen LogP contribution in [0.15, 0.2) is 71.6 Å². The molecule has 3 aromatic rings. The lowest BCUT2D eigenvalue weighted by Crippen LogP contribution is -2.18. The number of thiophene rings is 1. The molecule has 0 radical (unpaired) electrons. The average Bonchev–Trinajstić information content (AvgIpc) is 3.11. The van der Waals surface area contributed by atoms with Gasteiger partial charge in [0.25, 0.3) is 5.91 Å². The highest BCUT2D eigenvalue weighted by Crippen LogP contribution is 2.24. The normalized spacial score (nSPS) is 10.2. The molecule has 2 aromatic carbocycles. The lowest BCUT2D eigenvalue weighted by Gasteiger charge is -2.06. The Morgan fingerprint density at radius 2 is 1.62 bits per heavy atom. The highest BCUT2D eigenvalue weighted by Gasteiger charge is 2.11. The summed E-state index contributed by atoms with van der Waals surface area (Å²) >= 11 is 2.83. The predicted molar refractivity (Wildman–Crippen MR) is 110 cm³/mol. The Bertz CT molecular complexity index is 910. The zero-order chi connectivity index (χ0) is 18.4. The molecule has 0 aliphatic rings. The number of carbonyl (C=O) groups excluding carboxylic acids is 2. The molecule has 5 nitrogen and oxygen atoms in total. The number of hydrogen-bond donors (Lipinski definition) is 3. The van der Waals surface area contributed by atoms with Crippen LogP contribution in [0.5, 0.6) is 0 Å². The van der Waals surface area contributed by atoms with Crippen molar-refractivity contribution in [1.29, 1.82) is 0 Å². The molecule has 0 fully saturated rings. The summed E-state index contributed by atoms with van der Waals surface area (Å²) in [6.07, 6.45) is 1.98. The maximum atomic E-state index is 12.4. The number of urea groups is 1. The third-order valence-electron chi connectivity index (χ3n) is 3.43. The van der Waals surface area contributed by atoms with E-state index in [-0.39, 0.29) is 11.9 Å². The van der Waals surface area contributed by atoms with E-state index < -0.39 is 0 Å². The van der Waals surface area contributed by atoms with Crippen LogP contribution in [0.2, 0.25) is 0 Å². The van der Waals surface area contributed by atoms with Crippen LogP contribution in [-0.2, 0) is 0 Å². The maximum Gasteiger partial charge on any atom is 0.324 e. The van der Waals surface area contributed by atoms with Crippen molar-refractivity contribution in [3.63, 3.8) is 0 Å². The molecule has 3 N–H and O–H groups in total. The van der Waals surface area contributed by atoms with Crippen LogP contribution in [0.4, 0.5) is 21.2 Å². The number of anilines is 3. The van der Waals surface area contributed by atoms with E-state index in [1.165, 1.54) is 11.3 Å². The summed E-state index contributed by atoms with van der Waals surface area (Å²) in [5.74, 6) is -0.204. The van der Waals surface area contributed by atoms with Crippen LogP contribution in [0.1, 0.15) is 9.67 Å². The molecule has 7 heteroatoms. The van der Waals surface area contributed by atoms with E-state index in [9.17, 15) is 9.59 Å². The van der Waals surface area contributed by atoms with Crippen molar-refractivity contribution in [2.24, 2.45) is 0 Å². The van der Waals surface area contributed by atoms with Gasteiger partial charge in [0.05, 0.1) is 9.88 Å². The molecule has 26 heavy (non-hydrogen) atoms. The second-order valence-corrected chi connectivity index (χ2v) is 7.26. The fourth-order valence-electron chi connectivity index (χ4n) is 2.22. The summed E-state index contributed by atoms with van der Waals surface area (Å²) in [6.45, 7) is 0. The van der Waals surface area contributed by atoms with Crippen molar-refractivity contribution in [3.8, 4) is 0 Å². The summed E-state index contributed by atoms with van der Waals surface area (Å²) < 4.78 is 0. The number of thioether (sulfide) groups is 1. The van der Waals surface area contributed by atoms with Crippen LogP contribution in [0, 0.1) is 0 Å². The van der Waals surface area contributed by atoms with Gasteiger partial charge in [-0.1, -0.05) is 24.3 Å². The van der Waals surface area contributed by atoms with Crippen molar-refractivity contribution in [2.75, 3.05) is 22.2 Å². The lowest BCUT2D eigenvalue weighted by molar-refractivity contribution is 0.103. The lowest BCUT2D eigenvalue weighted by atomic mass is 10.3. The molecule has 0 bridgehead atoms. The van der Waals surface area contributed by atoms with Gasteiger partial charge in [-0.3, -0.25) is 10.1 Å². The Kier molecular flexibility index (Phi) is 5.93. The van der Waals surface area contributed by atoms with Crippen molar-refractivity contribution in [2.45, 2.75) is 4.90 Å². The van der Waals surface area contributed by atoms with Gasteiger partial charge < -0.3 is 10.6 Å². The minimum absolute atomic E-state index is 0.204. The van der Waals surface area contributed by atoms with E-state index in [2.05, 4.69) is 16.0 Å². The topological polar surface area (TPSA) is 70.2 Å². The number of carbonyl (C=O) groups is 2. The van der Waals surface area contributed by atoms with Crippen LogP contribution in [0.3, 0.4) is 0 Å². The molecular weight excluding hydrogens is 366 g/mol. The summed E-state index contributed by atoms with van der Waals surface area (Å²) in [5, 5.41) is 8.94. The highest BCUT2D eigenvalue weighted by atomic mass is 32.2. The number of para-hydroxylation sites is 1. The fourth-order valence-corrected chi connectivity index (χ4v) is 3.47. The second-order valence-electron chi connectivity index (χ2n) is 5.30. The quantitative estimate of drug-likeness (QED) is 0.519. The Morgan fingerprint density at radius 1 is 0.846 bits per heavy atom. The number of amides is 3. The van der Waals surface area contributed by atoms with E-state index in [1.54, 1.807) is 36.0 Å². The van der Waals surface area contributed by atoms with E-state index >= 15 is 0 Å². The average molecular weight is 383 g/mol. The third-order valence-corrected chi connectivity index (χ3v) is 5.15. The first-order valence-corrected chi connectivity index (χ1v) is 9.86. The highest BCUT2D eigenvalue weighted by molar-refractivity contribution is 7.98. The van der Waals surface area contributed by atoms with Crippen molar-refractivity contribution < 1.29 is 9.59 Å². The van der Waals surface area contributed by atoms with Gasteiger partial charge in [0.2, 0.25) is 0 Å². The van der Waals surface area contributed by atoms with Gasteiger partial charge in [-0.05, 0) is 48.7 Å². The standard InChI is InChI=1S/C19H17N3O2S2/c1-25-15-9-5-8-14(12-15)20-18(23)16-10-11-17(26-16)22-19(24)21-13-6-3-2-4-7-13/h2-12H,1H3,(H,20,23)(H2,21,22,24). The minimum atomic E-state index is -0.349. The molecule has 132 valence electrons. The zero-order valence-corrected chi connectivity index (χ0v) is 15.6. The molecule has 0 unspecified atom stereocenters. The number of rotatable bonds is 5. The summed E-state index contributed by atoms with van der Waals surface area (Å²) in [4.78, 5) is 26.0. The van der Waals surface area contributed by atoms with Gasteiger partial charge in [-0.15, -0.1) is 23.1 Å². The van der Waals surface area contributed by atoms with Gasteiger partial charge in [-0.2, -0.15) is 0 Å². The molecule has 0 spiro atoms. The molecule has 0 aliphatic carbocycles. The predicted octanol–water partition coefficient (Wildman–Crippen LogP) is 5.37. The van der Waals surface area contributed by atoms with Crippen LogP contribution in [-0.4, -0.2) is 18.2 Å². The molecule has 3 amide bonds. The third kappa shape index (κ3) is 4.87. The molecule has 0 saturated heterocycles. The first-order chi connectivity index (χ1) is 12.6. The van der Waals surface area contributed by atoms with Crippen molar-refractivity contribution in [1.82, 2.24) is 0 Å². The molecule has 3 rings (SSSR count). The Hall–Kier alpha value is -2.77. The van der Waals surface area contributed by atoms with Crippen molar-refractivity contribution in [3.05, 3.63) is 71.6 Å². The number of benzene rings is 2. The van der Waals surface area contributed by atoms with Gasteiger partial charge >= 0.3 is 6.03 Å². The SMILES string of the molecule is CSc1cccc(NC(=O)c2ccc(NC(=O)Nc3ccccc3)s2)c1. The van der Waals surface area contributed by atoms with Gasteiger partial charge in [0.15, 0.2) is 0 Å². The van der Waals surface area contributed by atoms with Gasteiger partial charge in [0, 0.05) is 16.3 Å². The number of hydrogen-bond acceptors (Lipinski definition) is 4. The molecule has 1 aromatic heterocycles. The smallest absolute Gasteiger partial charge is 0.321 e. The fraction of sp³-hybridized carbons (Fsp3) is 0.0526. The molecular formula is C19H17N3O2S2. The first-order valence-electron chi connectivity index (χ1n) is 7.82. The van der Waals surface area contributed by atoms with E-state index in [1.807, 2.05) is 48.7 Å². The van der Waals surface area contributed by atoms with E-state index in [0.717, 1.165) is 10.6 Å². The largest absolute Gasteiger partial charge is 0.324 e. The molecule has 1 heterocycles. The summed E-state index contributed by atoms with van der Waals surface area (Å²) in [5.41, 5.74) is 1.44. The monoisotopic (exact) mass is 383 g/mol.